The van der Waals surface area contributed by atoms with Crippen molar-refractivity contribution in [2.45, 2.75) is 61.8 Å². The highest BCUT2D eigenvalue weighted by Crippen LogP contribution is 2.27. The molecule has 0 aliphatic carbocycles. The van der Waals surface area contributed by atoms with E-state index in [1.807, 2.05) is 52.0 Å². The number of ether oxygens (including phenoxy) is 1. The van der Waals surface area contributed by atoms with Crippen molar-refractivity contribution in [1.29, 1.82) is 0 Å². The van der Waals surface area contributed by atoms with E-state index in [2.05, 4.69) is 57.8 Å². The van der Waals surface area contributed by atoms with Gasteiger partial charge < -0.3 is 10.1 Å². The summed E-state index contributed by atoms with van der Waals surface area (Å²) in [5.74, 6) is 1.06. The van der Waals surface area contributed by atoms with Gasteiger partial charge in [-0.3, -0.25) is 4.79 Å². The second kappa shape index (κ2) is 15.3. The zero-order chi connectivity index (χ0) is 23.1. The second-order valence-electron chi connectivity index (χ2n) is 6.93. The molecule has 0 bridgehead atoms. The molecule has 30 heavy (non-hydrogen) atoms. The molecular weight excluding hydrogens is 370 g/mol. The van der Waals surface area contributed by atoms with Gasteiger partial charge in [0.05, 0.1) is 0 Å². The molecule has 0 aromatic heterocycles. The summed E-state index contributed by atoms with van der Waals surface area (Å²) in [6.07, 6.45) is 1.05. The number of nitrogens with one attached hydrogen (secondary N) is 1. The fourth-order valence-corrected chi connectivity index (χ4v) is 2.62. The van der Waals surface area contributed by atoms with Crippen LogP contribution < -0.4 is 10.1 Å². The normalized spacial score (nSPS) is 10.5. The van der Waals surface area contributed by atoms with Crippen LogP contribution in [0.3, 0.4) is 0 Å². The van der Waals surface area contributed by atoms with Crippen LogP contribution in [0.15, 0.2) is 49.0 Å². The summed E-state index contributed by atoms with van der Waals surface area (Å²) in [6, 6.07) is 14.1. The Morgan fingerprint density at radius 1 is 1.07 bits per heavy atom. The Balaban J connectivity index is 0.00000198. The van der Waals surface area contributed by atoms with Crippen molar-refractivity contribution in [2.75, 3.05) is 13.2 Å². The summed E-state index contributed by atoms with van der Waals surface area (Å²) >= 11 is 0. The minimum absolute atomic E-state index is 0.0236. The second-order valence-corrected chi connectivity index (χ2v) is 6.93. The van der Waals surface area contributed by atoms with Crippen molar-refractivity contribution in [3.63, 3.8) is 0 Å². The van der Waals surface area contributed by atoms with Crippen molar-refractivity contribution in [3.8, 4) is 5.75 Å². The number of rotatable bonds is 8. The topological polar surface area (TPSA) is 38.3 Å². The minimum atomic E-state index is -0.0935. The highest BCUT2D eigenvalue weighted by Gasteiger charge is 2.09. The van der Waals surface area contributed by atoms with Gasteiger partial charge in [0.15, 0.2) is 6.61 Å². The first-order chi connectivity index (χ1) is 14.4. The number of hydrogen-bond acceptors (Lipinski definition) is 2. The molecule has 2 aromatic rings. The Labute approximate surface area is 184 Å². The zero-order valence-electron chi connectivity index (χ0n) is 20.3. The van der Waals surface area contributed by atoms with E-state index in [-0.39, 0.29) is 12.5 Å². The first-order valence-corrected chi connectivity index (χ1v) is 11.2. The molecule has 0 saturated carbocycles. The Hall–Kier alpha value is -2.55. The third-order valence-corrected chi connectivity index (χ3v) is 4.62. The van der Waals surface area contributed by atoms with Gasteiger partial charge in [-0.2, -0.15) is 0 Å². The van der Waals surface area contributed by atoms with Crippen molar-refractivity contribution in [2.24, 2.45) is 5.92 Å². The minimum Gasteiger partial charge on any atom is -0.484 e. The standard InChI is InChI=1S/C23H29NO2.2C2H6/c1-6-16(2)14-24-23(25)15-26-21-9-7-8-20(13-21)19(5)22-12-17(3)10-11-18(22)4;2*1-2/h7-13,16H,5-6,14-15H2,1-4H3,(H,24,25);2*1-2H3. The first-order valence-electron chi connectivity index (χ1n) is 11.2. The number of carbonyl (C=O) groups is 1. The quantitative estimate of drug-likeness (QED) is 0.510. The lowest BCUT2D eigenvalue weighted by Crippen LogP contribution is -2.32. The Morgan fingerprint density at radius 3 is 2.37 bits per heavy atom. The summed E-state index contributed by atoms with van der Waals surface area (Å²) < 4.78 is 5.66. The van der Waals surface area contributed by atoms with Crippen LogP contribution in [0.1, 0.15) is 70.2 Å². The fourth-order valence-electron chi connectivity index (χ4n) is 2.62. The van der Waals surface area contributed by atoms with Crippen molar-refractivity contribution < 1.29 is 9.53 Å². The van der Waals surface area contributed by atoms with Crippen LogP contribution in [0.5, 0.6) is 5.75 Å². The maximum Gasteiger partial charge on any atom is 0.257 e. The lowest BCUT2D eigenvalue weighted by atomic mass is 9.94. The molecule has 2 rings (SSSR count). The number of hydrogen-bond donors (Lipinski definition) is 1. The van der Waals surface area contributed by atoms with Crippen LogP contribution in [-0.4, -0.2) is 19.1 Å². The van der Waals surface area contributed by atoms with Gasteiger partial charge in [0, 0.05) is 6.54 Å². The molecule has 1 atom stereocenters. The summed E-state index contributed by atoms with van der Waals surface area (Å²) in [5.41, 5.74) is 5.48. The smallest absolute Gasteiger partial charge is 0.257 e. The number of aryl methyl sites for hydroxylation is 2. The van der Waals surface area contributed by atoms with Crippen molar-refractivity contribution >= 4 is 11.5 Å². The molecule has 1 unspecified atom stereocenters. The highest BCUT2D eigenvalue weighted by molar-refractivity contribution is 5.80. The van der Waals surface area contributed by atoms with E-state index in [1.165, 1.54) is 11.1 Å². The molecule has 0 aliphatic rings. The predicted octanol–water partition coefficient (Wildman–Crippen LogP) is 6.96. The molecule has 0 saturated heterocycles. The first kappa shape index (κ1) is 27.5. The van der Waals surface area contributed by atoms with Crippen LogP contribution in [0.25, 0.3) is 5.57 Å². The summed E-state index contributed by atoms with van der Waals surface area (Å²) in [7, 11) is 0. The fraction of sp³-hybridized carbons (Fsp3) is 0.444. The largest absolute Gasteiger partial charge is 0.484 e. The van der Waals surface area contributed by atoms with Crippen LogP contribution in [0.4, 0.5) is 0 Å². The molecular formula is C27H41NO2. The number of amides is 1. The summed E-state index contributed by atoms with van der Waals surface area (Å²) in [6.45, 7) is 21.4. The van der Waals surface area contributed by atoms with Crippen LogP contribution in [0, 0.1) is 19.8 Å². The lowest BCUT2D eigenvalue weighted by Gasteiger charge is -2.13. The van der Waals surface area contributed by atoms with Gasteiger partial charge in [-0.1, -0.05) is 90.4 Å². The monoisotopic (exact) mass is 411 g/mol. The zero-order valence-corrected chi connectivity index (χ0v) is 20.3. The SMILES string of the molecule is C=C(c1cccc(OCC(=O)NCC(C)CC)c1)c1cc(C)ccc1C.CC.CC. The third-order valence-electron chi connectivity index (χ3n) is 4.62. The van der Waals surface area contributed by atoms with Crippen LogP contribution in [0.2, 0.25) is 0 Å². The van der Waals surface area contributed by atoms with E-state index in [9.17, 15) is 4.79 Å². The van der Waals surface area contributed by atoms with Gasteiger partial charge in [0.25, 0.3) is 5.91 Å². The molecule has 1 N–H and O–H groups in total. The highest BCUT2D eigenvalue weighted by atomic mass is 16.5. The molecule has 0 spiro atoms. The van der Waals surface area contributed by atoms with E-state index < -0.39 is 0 Å². The lowest BCUT2D eigenvalue weighted by molar-refractivity contribution is -0.123. The van der Waals surface area contributed by atoms with E-state index in [0.717, 1.165) is 23.1 Å². The van der Waals surface area contributed by atoms with Gasteiger partial charge in [-0.25, -0.2) is 0 Å². The van der Waals surface area contributed by atoms with E-state index in [0.29, 0.717) is 18.2 Å². The van der Waals surface area contributed by atoms with Crippen LogP contribution >= 0.6 is 0 Å². The van der Waals surface area contributed by atoms with E-state index in [4.69, 9.17) is 4.74 Å². The van der Waals surface area contributed by atoms with Gasteiger partial charge >= 0.3 is 0 Å². The predicted molar refractivity (Wildman–Crippen MR) is 131 cm³/mol. The maximum absolute atomic E-state index is 11.9. The van der Waals surface area contributed by atoms with Crippen LogP contribution in [-0.2, 0) is 4.79 Å². The Morgan fingerprint density at radius 2 is 1.73 bits per heavy atom. The van der Waals surface area contributed by atoms with Gasteiger partial charge in [-0.15, -0.1) is 0 Å². The maximum atomic E-state index is 11.9. The average Bonchev–Trinajstić information content (AvgIpc) is 2.80. The van der Waals surface area contributed by atoms with Gasteiger partial charge in [0.2, 0.25) is 0 Å². The molecule has 2 aromatic carbocycles. The van der Waals surface area contributed by atoms with E-state index in [1.54, 1.807) is 0 Å². The number of benzene rings is 2. The molecule has 0 heterocycles. The summed E-state index contributed by atoms with van der Waals surface area (Å²) in [4.78, 5) is 11.9. The third kappa shape index (κ3) is 9.30. The molecule has 1 amide bonds. The van der Waals surface area contributed by atoms with Crippen molar-refractivity contribution in [3.05, 3.63) is 71.3 Å². The Kier molecular flexibility index (Phi) is 14.0. The van der Waals surface area contributed by atoms with Gasteiger partial charge in [-0.05, 0) is 54.2 Å². The summed E-state index contributed by atoms with van der Waals surface area (Å²) in [5, 5.41) is 2.90. The van der Waals surface area contributed by atoms with Gasteiger partial charge in [0.1, 0.15) is 5.75 Å². The number of carbonyl (C=O) groups excluding carboxylic acids is 1. The molecule has 0 aliphatic heterocycles. The van der Waals surface area contributed by atoms with Crippen molar-refractivity contribution in [1.82, 2.24) is 5.32 Å². The molecule has 166 valence electrons. The molecule has 0 radical (unpaired) electrons. The average molecular weight is 412 g/mol. The molecule has 0 fully saturated rings. The Bertz CT molecular complexity index is 780. The molecule has 3 nitrogen and oxygen atoms in total. The van der Waals surface area contributed by atoms with E-state index >= 15 is 0 Å². The molecule has 3 heteroatoms.